The van der Waals surface area contributed by atoms with Gasteiger partial charge in [-0.25, -0.2) is 9.59 Å². The number of amides is 2. The predicted molar refractivity (Wildman–Crippen MR) is 421 cm³/mol. The number of hydrogen-bond donors (Lipinski definition) is 25. The Bertz CT molecular complexity index is 2950. The quantitative estimate of drug-likeness (QED) is 0.0203. The van der Waals surface area contributed by atoms with Crippen molar-refractivity contribution in [2.45, 2.75) is 421 Å². The van der Waals surface area contributed by atoms with Gasteiger partial charge in [0.15, 0.2) is 25.2 Å². The Morgan fingerprint density at radius 2 is 0.893 bits per heavy atom. The summed E-state index contributed by atoms with van der Waals surface area (Å²) in [5, 5.41) is 240. The number of carbonyl (C=O) groups is 4. The number of rotatable bonds is 57. The third-order valence-corrected chi connectivity index (χ3v) is 23.4. The molecule has 6 fully saturated rings. The fraction of sp³-hybridized carbons (Fsp3) is 0.925. The number of nitrogens with one attached hydrogen (secondary N) is 2. The molecule has 2 amide bonds. The summed E-state index contributed by atoms with van der Waals surface area (Å²) in [5.41, 5.74) is 12.3. The van der Waals surface area contributed by atoms with Crippen molar-refractivity contribution in [3.05, 3.63) is 12.2 Å². The molecule has 0 radical (unpaired) electrons. The zero-order valence-corrected chi connectivity index (χ0v) is 69.9. The van der Waals surface area contributed by atoms with Crippen molar-refractivity contribution in [3.8, 4) is 0 Å². The van der Waals surface area contributed by atoms with Crippen LogP contribution in [0.1, 0.15) is 213 Å². The SMILES string of the molecule is CCCCCCCCCCCCC/C=C\C(O)C(CNC(=O)CCCCCCCCCCCCCCCCC)OC1OC(CO)C(OC2OC(CO)C(OC3OC(CO)C(O)C(OC4OC(CO)C(O)C(O)C4O)C3NC(C)=O)C(OC3(C(=O)O)CC(O)C(N)C(C(O)C(O)COC4(C(=O)O)CC(O)C(N)C(C(O)C(O)CO)O4)O3)C2O)C(O)C1O. The largest absolute Gasteiger partial charge is 0.477 e. The van der Waals surface area contributed by atoms with Crippen molar-refractivity contribution in [1.29, 1.82) is 0 Å². The molecule has 6 aliphatic heterocycles. The number of aliphatic hydroxyl groups is 19. The van der Waals surface area contributed by atoms with Crippen LogP contribution in [-0.4, -0.2) is 385 Å². The molecule has 6 aliphatic rings. The molecular weight excluding hydrogens is 1610 g/mol. The number of ether oxygens (including phenoxy) is 12. The molecule has 0 bridgehead atoms. The van der Waals surface area contributed by atoms with Gasteiger partial charge in [0.1, 0.15) is 146 Å². The summed E-state index contributed by atoms with van der Waals surface area (Å²) in [4.78, 5) is 53.7. The van der Waals surface area contributed by atoms with E-state index < -0.39 is 278 Å². The predicted octanol–water partition coefficient (Wildman–Crippen LogP) is -4.22. The lowest BCUT2D eigenvalue weighted by atomic mass is 9.88. The molecule has 0 aromatic heterocycles. The number of unbranched alkanes of at least 4 members (excludes halogenated alkanes) is 25. The molecule has 0 spiro atoms. The third kappa shape index (κ3) is 30.7. The fourth-order valence-corrected chi connectivity index (χ4v) is 16.0. The monoisotopic (exact) mass is 1750 g/mol. The second-order valence-electron chi connectivity index (χ2n) is 33.0. The van der Waals surface area contributed by atoms with Gasteiger partial charge in [-0.2, -0.15) is 0 Å². The van der Waals surface area contributed by atoms with E-state index in [2.05, 4.69) is 24.5 Å². The maximum atomic E-state index is 14.1. The Labute approximate surface area is 705 Å². The van der Waals surface area contributed by atoms with E-state index in [0.29, 0.717) is 12.8 Å². The molecule has 0 aromatic rings. The summed E-state index contributed by atoms with van der Waals surface area (Å²) in [6, 6.07) is -5.59. The van der Waals surface area contributed by atoms with Crippen LogP contribution in [0.2, 0.25) is 0 Å². The van der Waals surface area contributed by atoms with Crippen molar-refractivity contribution in [2.24, 2.45) is 11.5 Å². The maximum absolute atomic E-state index is 14.1. The van der Waals surface area contributed by atoms with Crippen LogP contribution >= 0.6 is 0 Å². The topological polar surface area (TPSA) is 680 Å². The van der Waals surface area contributed by atoms with Crippen LogP contribution in [0.4, 0.5) is 0 Å². The highest BCUT2D eigenvalue weighted by Gasteiger charge is 2.63. The van der Waals surface area contributed by atoms with Gasteiger partial charge in [-0.05, 0) is 19.3 Å². The minimum absolute atomic E-state index is 0.137. The van der Waals surface area contributed by atoms with E-state index >= 15 is 0 Å². The van der Waals surface area contributed by atoms with Crippen LogP contribution < -0.4 is 22.1 Å². The fourth-order valence-electron chi connectivity index (χ4n) is 16.0. The van der Waals surface area contributed by atoms with Gasteiger partial charge in [-0.15, -0.1) is 0 Å². The first kappa shape index (κ1) is 106. The Morgan fingerprint density at radius 1 is 0.471 bits per heavy atom. The molecule has 41 heteroatoms. The van der Waals surface area contributed by atoms with E-state index in [0.717, 1.165) is 71.1 Å². The van der Waals surface area contributed by atoms with Crippen molar-refractivity contribution < 1.29 is 183 Å². The normalized spacial score (nSPS) is 36.4. The van der Waals surface area contributed by atoms with Crippen molar-refractivity contribution in [2.75, 3.05) is 46.2 Å². The molecule has 27 N–H and O–H groups in total. The van der Waals surface area contributed by atoms with Gasteiger partial charge in [-0.3, -0.25) is 9.59 Å². The number of allylic oxidation sites excluding steroid dienone is 1. The molecular formula is C80H144N4O37. The van der Waals surface area contributed by atoms with Gasteiger partial charge in [0, 0.05) is 32.7 Å². The second-order valence-corrected chi connectivity index (χ2v) is 33.0. The minimum Gasteiger partial charge on any atom is -0.477 e. The summed E-state index contributed by atoms with van der Waals surface area (Å²) in [5.74, 6) is -12.3. The molecule has 34 unspecified atom stereocenters. The lowest BCUT2D eigenvalue weighted by molar-refractivity contribution is -0.404. The molecule has 6 rings (SSSR count). The van der Waals surface area contributed by atoms with E-state index in [1.54, 1.807) is 6.08 Å². The molecule has 41 nitrogen and oxygen atoms in total. The first-order chi connectivity index (χ1) is 57.7. The van der Waals surface area contributed by atoms with Gasteiger partial charge in [-0.1, -0.05) is 180 Å². The molecule has 121 heavy (non-hydrogen) atoms. The number of nitrogens with two attached hydrogens (primary N) is 2. The van der Waals surface area contributed by atoms with E-state index in [1.807, 2.05) is 0 Å². The second kappa shape index (κ2) is 53.9. The average molecular weight is 1750 g/mol. The highest BCUT2D eigenvalue weighted by molar-refractivity contribution is 5.77. The zero-order chi connectivity index (χ0) is 89.3. The number of carboxylic acids is 2. The summed E-state index contributed by atoms with van der Waals surface area (Å²) in [7, 11) is 0. The van der Waals surface area contributed by atoms with E-state index in [4.69, 9.17) is 68.3 Å². The first-order valence-corrected chi connectivity index (χ1v) is 43.4. The molecule has 0 aliphatic carbocycles. The molecule has 0 aromatic carbocycles. The summed E-state index contributed by atoms with van der Waals surface area (Å²) in [6.45, 7) is -2.11. The first-order valence-electron chi connectivity index (χ1n) is 43.4. The molecule has 706 valence electrons. The zero-order valence-electron chi connectivity index (χ0n) is 69.9. The Kier molecular flexibility index (Phi) is 47.3. The van der Waals surface area contributed by atoms with Crippen molar-refractivity contribution >= 4 is 23.8 Å². The highest BCUT2D eigenvalue weighted by Crippen LogP contribution is 2.42. The number of carbonyl (C=O) groups excluding carboxylic acids is 2. The van der Waals surface area contributed by atoms with Crippen LogP contribution in [0.5, 0.6) is 0 Å². The van der Waals surface area contributed by atoms with Crippen LogP contribution in [-0.2, 0) is 76.0 Å². The summed E-state index contributed by atoms with van der Waals surface area (Å²) in [6.07, 6.45) is -30.9. The van der Waals surface area contributed by atoms with Crippen LogP contribution in [0.25, 0.3) is 0 Å². The van der Waals surface area contributed by atoms with E-state index in [9.17, 15) is 126 Å². The smallest absolute Gasteiger partial charge is 0.364 e. The molecule has 6 heterocycles. The van der Waals surface area contributed by atoms with E-state index in [1.165, 1.54) is 102 Å². The molecule has 6 saturated heterocycles. The lowest BCUT2D eigenvalue weighted by Gasteiger charge is -2.52. The van der Waals surface area contributed by atoms with Crippen molar-refractivity contribution in [3.63, 3.8) is 0 Å². The Morgan fingerprint density at radius 3 is 1.40 bits per heavy atom. The molecule has 34 atom stereocenters. The van der Waals surface area contributed by atoms with Gasteiger partial charge < -0.3 is 186 Å². The average Bonchev–Trinajstić information content (AvgIpc) is 0.751. The minimum atomic E-state index is -3.54. The maximum Gasteiger partial charge on any atom is 0.364 e. The Hall–Kier alpha value is -3.70. The molecule has 0 saturated carbocycles. The van der Waals surface area contributed by atoms with Crippen LogP contribution in [0.3, 0.4) is 0 Å². The number of hydrogen-bond acceptors (Lipinski definition) is 37. The summed E-state index contributed by atoms with van der Waals surface area (Å²) >= 11 is 0. The van der Waals surface area contributed by atoms with Crippen molar-refractivity contribution in [1.82, 2.24) is 10.6 Å². The van der Waals surface area contributed by atoms with Crippen LogP contribution in [0, 0.1) is 0 Å². The lowest BCUT2D eigenvalue weighted by Crippen LogP contribution is -2.72. The number of aliphatic carboxylic acids is 2. The van der Waals surface area contributed by atoms with Gasteiger partial charge in [0.25, 0.3) is 11.6 Å². The standard InChI is InChI=1S/C80H144N4O37/c1-4-6-8-10-12-14-16-18-19-21-23-25-27-29-31-33-54(96)83-36-49(44(91)32-30-28-26-24-22-20-17-15-13-11-9-7-5-2)111-74-65(104)63(102)67(52(40-88)114-74)116-76-66(105)72(68(53(41-89)115-76)117-73-57(84-43(3)90)71(61(100)51(39-87)112-73)118-75-64(103)62(101)60(99)50(38-86)113-75)121-80(78(108)109)35-46(93)56(82)70(120-80)59(98)48(95)42-110-79(77(106)107)34-45(92)55(81)69(119-79)58(97)47(94)37-85/h30,32,44-53,55-76,85-89,91-95,97-105H,4-29,31,33-42,81-82H2,1-3H3,(H,83,96)(H,84,90)(H,106,107)(H,108,109)/b32-30-. The number of aliphatic hydroxyl groups excluding tert-OH is 19. The summed E-state index contributed by atoms with van der Waals surface area (Å²) < 4.78 is 71.5. The van der Waals surface area contributed by atoms with Gasteiger partial charge >= 0.3 is 11.9 Å². The van der Waals surface area contributed by atoms with Crippen LogP contribution in [0.15, 0.2) is 12.2 Å². The Balaban J connectivity index is 1.28. The van der Waals surface area contributed by atoms with Gasteiger partial charge in [0.05, 0.1) is 63.9 Å². The van der Waals surface area contributed by atoms with Gasteiger partial charge in [0.2, 0.25) is 11.8 Å². The highest BCUT2D eigenvalue weighted by atomic mass is 16.8. The number of carboxylic acid groups (broad SMARTS) is 2. The van der Waals surface area contributed by atoms with E-state index in [-0.39, 0.29) is 18.9 Å². The third-order valence-electron chi connectivity index (χ3n) is 23.4.